The highest BCUT2D eigenvalue weighted by molar-refractivity contribution is 7.26. The fourth-order valence-electron chi connectivity index (χ4n) is 8.03. The molecule has 11 rings (SSSR count). The number of hydrogen-bond donors (Lipinski definition) is 3. The van der Waals surface area contributed by atoms with E-state index in [0.29, 0.717) is 0 Å². The summed E-state index contributed by atoms with van der Waals surface area (Å²) in [4.78, 5) is 0. The summed E-state index contributed by atoms with van der Waals surface area (Å²) < 4.78 is 15.7. The van der Waals surface area contributed by atoms with Gasteiger partial charge in [-0.2, -0.15) is 0 Å². The Balaban J connectivity index is 1.05. The van der Waals surface area contributed by atoms with Crippen LogP contribution in [0.1, 0.15) is 35.2 Å². The molecule has 4 heterocycles. The smallest absolute Gasteiger partial charge is 0.143 e. The van der Waals surface area contributed by atoms with Gasteiger partial charge in [-0.1, -0.05) is 127 Å². The minimum Gasteiger partial charge on any atom is -0.456 e. The van der Waals surface area contributed by atoms with Crippen molar-refractivity contribution in [3.05, 3.63) is 168 Å². The average Bonchev–Trinajstić information content (AvgIpc) is 3.89. The maximum atomic E-state index is 6.97. The van der Waals surface area contributed by atoms with Gasteiger partial charge in [-0.25, -0.2) is 0 Å². The summed E-state index contributed by atoms with van der Waals surface area (Å²) in [6, 6.07) is 53.6. The lowest BCUT2D eigenvalue weighted by molar-refractivity contribution is 0.204. The predicted molar refractivity (Wildman–Crippen MR) is 210 cm³/mol. The van der Waals surface area contributed by atoms with Crippen molar-refractivity contribution in [1.82, 2.24) is 16.0 Å². The summed E-state index contributed by atoms with van der Waals surface area (Å²) in [6.07, 6.45) is -0.420. The number of rotatable bonds is 4. The van der Waals surface area contributed by atoms with Gasteiger partial charge in [0.2, 0.25) is 0 Å². The van der Waals surface area contributed by atoms with Crippen molar-refractivity contribution in [1.29, 1.82) is 0 Å². The molecule has 0 aliphatic carbocycles. The predicted octanol–water partition coefficient (Wildman–Crippen LogP) is 11.7. The molecule has 7 aromatic carbocycles. The first-order chi connectivity index (χ1) is 25.3. The van der Waals surface area contributed by atoms with Crippen LogP contribution >= 0.6 is 11.3 Å². The van der Waals surface area contributed by atoms with Gasteiger partial charge in [0.15, 0.2) is 0 Å². The Labute approximate surface area is 297 Å². The molecule has 0 radical (unpaired) electrons. The molecule has 0 bridgehead atoms. The molecule has 1 fully saturated rings. The van der Waals surface area contributed by atoms with E-state index < -0.39 is 0 Å². The molecule has 1 aliphatic rings. The Bertz CT molecular complexity index is 2940. The molecule has 3 unspecified atom stereocenters. The van der Waals surface area contributed by atoms with Gasteiger partial charge < -0.3 is 8.83 Å². The van der Waals surface area contributed by atoms with Crippen molar-refractivity contribution < 1.29 is 8.83 Å². The quantitative estimate of drug-likeness (QED) is 0.173. The lowest BCUT2D eigenvalue weighted by atomic mass is 9.99. The first kappa shape index (κ1) is 29.0. The fourth-order valence-corrected chi connectivity index (χ4v) is 9.27. The van der Waals surface area contributed by atoms with E-state index in [1.807, 2.05) is 23.5 Å². The van der Waals surface area contributed by atoms with Crippen LogP contribution < -0.4 is 16.0 Å². The Hall–Kier alpha value is -5.76. The van der Waals surface area contributed by atoms with Crippen LogP contribution in [0.25, 0.3) is 75.2 Å². The average molecular weight is 678 g/mol. The summed E-state index contributed by atoms with van der Waals surface area (Å²) in [7, 11) is 0. The summed E-state index contributed by atoms with van der Waals surface area (Å²) in [5, 5.41) is 18.7. The van der Waals surface area contributed by atoms with Gasteiger partial charge in [-0.05, 0) is 35.4 Å². The molecule has 3 atom stereocenters. The van der Waals surface area contributed by atoms with E-state index in [9.17, 15) is 0 Å². The molecule has 0 saturated carbocycles. The molecule has 244 valence electrons. The molecular formula is C45H31N3O2S. The highest BCUT2D eigenvalue weighted by atomic mass is 32.1. The number of furan rings is 2. The zero-order chi connectivity index (χ0) is 33.5. The van der Waals surface area contributed by atoms with E-state index >= 15 is 0 Å². The van der Waals surface area contributed by atoms with Gasteiger partial charge in [0.25, 0.3) is 0 Å². The van der Waals surface area contributed by atoms with Crippen molar-refractivity contribution >= 4 is 75.4 Å². The first-order valence-electron chi connectivity index (χ1n) is 17.4. The Morgan fingerprint density at radius 3 is 1.96 bits per heavy atom. The molecule has 0 amide bonds. The second-order valence-electron chi connectivity index (χ2n) is 13.3. The molecule has 0 spiro atoms. The van der Waals surface area contributed by atoms with E-state index in [1.165, 1.54) is 31.3 Å². The Morgan fingerprint density at radius 1 is 0.431 bits per heavy atom. The highest BCUT2D eigenvalue weighted by Gasteiger charge is 2.32. The van der Waals surface area contributed by atoms with Crippen molar-refractivity contribution in [2.45, 2.75) is 18.5 Å². The maximum Gasteiger partial charge on any atom is 0.143 e. The van der Waals surface area contributed by atoms with Gasteiger partial charge in [0.1, 0.15) is 22.3 Å². The molecule has 3 aromatic heterocycles. The maximum absolute atomic E-state index is 6.97. The lowest BCUT2D eigenvalue weighted by Gasteiger charge is -2.39. The highest BCUT2D eigenvalue weighted by Crippen LogP contribution is 2.42. The van der Waals surface area contributed by atoms with E-state index in [1.54, 1.807) is 0 Å². The summed E-state index contributed by atoms with van der Waals surface area (Å²) >= 11 is 1.86. The molecule has 51 heavy (non-hydrogen) atoms. The summed E-state index contributed by atoms with van der Waals surface area (Å²) in [5.74, 6) is 0. The van der Waals surface area contributed by atoms with E-state index in [2.05, 4.69) is 155 Å². The third-order valence-corrected chi connectivity index (χ3v) is 11.7. The number of para-hydroxylation sites is 3. The van der Waals surface area contributed by atoms with E-state index in [4.69, 9.17) is 8.83 Å². The summed E-state index contributed by atoms with van der Waals surface area (Å²) in [6.45, 7) is 0. The minimum atomic E-state index is -0.201. The van der Waals surface area contributed by atoms with Crippen molar-refractivity contribution in [2.24, 2.45) is 0 Å². The minimum absolute atomic E-state index is 0.0983. The second-order valence-corrected chi connectivity index (χ2v) is 14.4. The van der Waals surface area contributed by atoms with Gasteiger partial charge in [0.05, 0.1) is 18.5 Å². The molecular weight excluding hydrogens is 647 g/mol. The van der Waals surface area contributed by atoms with Crippen LogP contribution in [-0.4, -0.2) is 0 Å². The molecule has 6 heteroatoms. The monoisotopic (exact) mass is 677 g/mol. The number of thiophene rings is 1. The van der Waals surface area contributed by atoms with Crippen LogP contribution in [0.3, 0.4) is 0 Å². The molecule has 3 N–H and O–H groups in total. The molecule has 1 saturated heterocycles. The number of nitrogens with one attached hydrogen (secondary N) is 3. The largest absolute Gasteiger partial charge is 0.456 e. The van der Waals surface area contributed by atoms with Crippen molar-refractivity contribution in [3.8, 4) is 11.1 Å². The van der Waals surface area contributed by atoms with Gasteiger partial charge >= 0.3 is 0 Å². The third-order valence-electron chi connectivity index (χ3n) is 10.4. The number of benzene rings is 7. The van der Waals surface area contributed by atoms with E-state index in [0.717, 1.165) is 60.6 Å². The van der Waals surface area contributed by atoms with Crippen LogP contribution in [0.5, 0.6) is 0 Å². The Kier molecular flexibility index (Phi) is 6.48. The zero-order valence-electron chi connectivity index (χ0n) is 27.4. The van der Waals surface area contributed by atoms with Crippen LogP contribution in [0.4, 0.5) is 0 Å². The van der Waals surface area contributed by atoms with Crippen LogP contribution in [0.15, 0.2) is 160 Å². The van der Waals surface area contributed by atoms with Crippen LogP contribution in [-0.2, 0) is 0 Å². The molecule has 1 aliphatic heterocycles. The summed E-state index contributed by atoms with van der Waals surface area (Å²) in [5.41, 5.74) is 9.19. The van der Waals surface area contributed by atoms with Crippen molar-refractivity contribution in [3.63, 3.8) is 0 Å². The van der Waals surface area contributed by atoms with E-state index in [-0.39, 0.29) is 18.5 Å². The Morgan fingerprint density at radius 2 is 1.08 bits per heavy atom. The van der Waals surface area contributed by atoms with Crippen LogP contribution in [0.2, 0.25) is 0 Å². The first-order valence-corrected chi connectivity index (χ1v) is 18.2. The lowest BCUT2D eigenvalue weighted by Crippen LogP contribution is -2.54. The van der Waals surface area contributed by atoms with Gasteiger partial charge in [-0.15, -0.1) is 11.3 Å². The third kappa shape index (κ3) is 4.58. The van der Waals surface area contributed by atoms with Crippen LogP contribution in [0, 0.1) is 0 Å². The van der Waals surface area contributed by atoms with Gasteiger partial charge in [0, 0.05) is 58.4 Å². The molecule has 10 aromatic rings. The second kappa shape index (κ2) is 11.4. The normalized spacial score (nSPS) is 18.2. The number of fused-ring (bicyclic) bond motifs is 9. The number of hydrogen-bond acceptors (Lipinski definition) is 6. The zero-order valence-corrected chi connectivity index (χ0v) is 28.2. The molecule has 5 nitrogen and oxygen atoms in total. The van der Waals surface area contributed by atoms with Crippen molar-refractivity contribution in [2.75, 3.05) is 0 Å². The SMILES string of the molecule is c1ccc(C2NC(c3cccc4c3oc3c(-c5ccc6oc7ccccc7c6c5)cccc34)NC(c3cccc4c3sc3ccccc34)N2)cc1. The standard InChI is InChI=1S/C45H31N3O2S/c1-2-11-26(12-3-1)43-46-44(48-45(47-43)35-20-10-18-33-30-14-5-7-22-39(30)51-42(33)35)34-19-9-17-32-31-16-8-15-28(40(31)50-41(32)34)27-23-24-38-36(25-27)29-13-4-6-21-37(29)49-38/h1-25,43-48H. The van der Waals surface area contributed by atoms with Gasteiger partial charge in [-0.3, -0.25) is 16.0 Å². The fraction of sp³-hybridized carbons (Fsp3) is 0.0667. The topological polar surface area (TPSA) is 62.4 Å².